The third-order valence-electron chi connectivity index (χ3n) is 2.86. The van der Waals surface area contributed by atoms with E-state index in [-0.39, 0.29) is 19.4 Å². The lowest BCUT2D eigenvalue weighted by atomic mass is 10.0. The van der Waals surface area contributed by atoms with Crippen LogP contribution < -0.4 is 5.32 Å². The zero-order valence-corrected chi connectivity index (χ0v) is 9.81. The number of carbonyl (C=O) groups is 1. The van der Waals surface area contributed by atoms with Crippen molar-refractivity contribution in [2.75, 3.05) is 19.6 Å². The van der Waals surface area contributed by atoms with Crippen LogP contribution in [0.2, 0.25) is 0 Å². The molecular weight excluding hydrogens is 273 g/mol. The zero-order chi connectivity index (χ0) is 14.7. The highest BCUT2D eigenvalue weighted by molar-refractivity contribution is 5.84. The SMILES string of the molecule is N#CCN1CCC(NC(=O)C(F)(F)C(F)(F)F)CC1. The number of piperidine rings is 1. The fourth-order valence-corrected chi connectivity index (χ4v) is 1.74. The predicted octanol–water partition coefficient (Wildman–Crippen LogP) is 1.29. The van der Waals surface area contributed by atoms with Gasteiger partial charge in [0.1, 0.15) is 0 Å². The van der Waals surface area contributed by atoms with Crippen LogP contribution in [0.3, 0.4) is 0 Å². The lowest BCUT2D eigenvalue weighted by molar-refractivity contribution is -0.270. The molecule has 0 bridgehead atoms. The van der Waals surface area contributed by atoms with Crippen LogP contribution in [0.4, 0.5) is 22.0 Å². The summed E-state index contributed by atoms with van der Waals surface area (Å²) in [6.07, 6.45) is -5.42. The first kappa shape index (κ1) is 15.6. The molecule has 0 unspecified atom stereocenters. The molecule has 1 saturated heterocycles. The smallest absolute Gasteiger partial charge is 0.348 e. The molecule has 0 aliphatic carbocycles. The maximum atomic E-state index is 12.7. The summed E-state index contributed by atoms with van der Waals surface area (Å²) in [5.41, 5.74) is 0. The van der Waals surface area contributed by atoms with E-state index < -0.39 is 24.0 Å². The van der Waals surface area contributed by atoms with Gasteiger partial charge in [0, 0.05) is 19.1 Å². The third kappa shape index (κ3) is 3.76. The molecule has 0 radical (unpaired) electrons. The predicted molar refractivity (Wildman–Crippen MR) is 54.2 cm³/mol. The van der Waals surface area contributed by atoms with Gasteiger partial charge in [-0.15, -0.1) is 0 Å². The summed E-state index contributed by atoms with van der Waals surface area (Å²) in [5.74, 6) is -7.70. The number of hydrogen-bond donors (Lipinski definition) is 1. The van der Waals surface area contributed by atoms with Crippen molar-refractivity contribution in [3.63, 3.8) is 0 Å². The summed E-state index contributed by atoms with van der Waals surface area (Å²) >= 11 is 0. The van der Waals surface area contributed by atoms with E-state index >= 15 is 0 Å². The number of amides is 1. The van der Waals surface area contributed by atoms with Crippen LogP contribution in [0.25, 0.3) is 0 Å². The molecule has 1 aliphatic heterocycles. The average molecular weight is 285 g/mol. The second kappa shape index (κ2) is 5.69. The molecular formula is C10H12F5N3O. The molecule has 1 fully saturated rings. The molecule has 9 heteroatoms. The highest BCUT2D eigenvalue weighted by Gasteiger charge is 2.63. The van der Waals surface area contributed by atoms with E-state index in [0.29, 0.717) is 13.1 Å². The Balaban J connectivity index is 2.50. The molecule has 0 atom stereocenters. The Morgan fingerprint density at radius 1 is 1.26 bits per heavy atom. The minimum Gasteiger partial charge on any atom is -0.348 e. The van der Waals surface area contributed by atoms with Crippen LogP contribution in [0.5, 0.6) is 0 Å². The molecule has 0 aromatic heterocycles. The molecule has 0 spiro atoms. The van der Waals surface area contributed by atoms with Crippen LogP contribution in [-0.2, 0) is 4.79 Å². The Hall–Kier alpha value is -1.43. The number of alkyl halides is 5. The Morgan fingerprint density at radius 3 is 2.21 bits per heavy atom. The standard InChI is InChI=1S/C10H12F5N3O/c11-9(12,10(13,14)15)8(19)17-7-1-4-18(5-2-7)6-3-16/h7H,1-2,4-6H2,(H,17,19). The number of nitrogens with zero attached hydrogens (tertiary/aromatic N) is 2. The minimum atomic E-state index is -5.89. The van der Waals surface area contributed by atoms with Crippen LogP contribution in [0.1, 0.15) is 12.8 Å². The normalized spacial score (nSPS) is 18.9. The number of likely N-dealkylation sites (tertiary alicyclic amines) is 1. The fraction of sp³-hybridized carbons (Fsp3) is 0.800. The van der Waals surface area contributed by atoms with Gasteiger partial charge in [0.25, 0.3) is 0 Å². The summed E-state index contributed by atoms with van der Waals surface area (Å²) in [5, 5.41) is 10.2. The maximum absolute atomic E-state index is 12.7. The summed E-state index contributed by atoms with van der Waals surface area (Å²) in [7, 11) is 0. The fourth-order valence-electron chi connectivity index (χ4n) is 1.74. The maximum Gasteiger partial charge on any atom is 0.463 e. The summed E-state index contributed by atoms with van der Waals surface area (Å²) in [6.45, 7) is 0.908. The van der Waals surface area contributed by atoms with Gasteiger partial charge in [0.05, 0.1) is 12.6 Å². The van der Waals surface area contributed by atoms with E-state index in [1.165, 1.54) is 0 Å². The second-order valence-corrected chi connectivity index (χ2v) is 4.25. The van der Waals surface area contributed by atoms with Gasteiger partial charge in [0.15, 0.2) is 0 Å². The van der Waals surface area contributed by atoms with E-state index in [4.69, 9.17) is 5.26 Å². The minimum absolute atomic E-state index is 0.166. The third-order valence-corrected chi connectivity index (χ3v) is 2.86. The number of carbonyl (C=O) groups excluding carboxylic acids is 1. The second-order valence-electron chi connectivity index (χ2n) is 4.25. The first-order chi connectivity index (χ1) is 8.68. The molecule has 1 N–H and O–H groups in total. The van der Waals surface area contributed by atoms with Gasteiger partial charge in [-0.25, -0.2) is 0 Å². The zero-order valence-electron chi connectivity index (χ0n) is 9.81. The molecule has 1 rings (SSSR count). The van der Waals surface area contributed by atoms with Crippen molar-refractivity contribution >= 4 is 5.91 Å². The van der Waals surface area contributed by atoms with Gasteiger partial charge >= 0.3 is 18.0 Å². The molecule has 108 valence electrons. The molecule has 1 amide bonds. The van der Waals surface area contributed by atoms with Gasteiger partial charge in [-0.1, -0.05) is 0 Å². The van der Waals surface area contributed by atoms with Gasteiger partial charge in [0.2, 0.25) is 0 Å². The van der Waals surface area contributed by atoms with Crippen LogP contribution in [0, 0.1) is 11.3 Å². The van der Waals surface area contributed by atoms with Crippen molar-refractivity contribution in [2.45, 2.75) is 31.0 Å². The van der Waals surface area contributed by atoms with Crippen molar-refractivity contribution < 1.29 is 26.7 Å². The van der Waals surface area contributed by atoms with E-state index in [1.807, 2.05) is 6.07 Å². The molecule has 1 aliphatic rings. The van der Waals surface area contributed by atoms with E-state index in [0.717, 1.165) is 0 Å². The van der Waals surface area contributed by atoms with Crippen LogP contribution in [-0.4, -0.2) is 48.6 Å². The number of halogens is 5. The average Bonchev–Trinajstić information content (AvgIpc) is 2.30. The van der Waals surface area contributed by atoms with Crippen molar-refractivity contribution in [3.8, 4) is 6.07 Å². The first-order valence-corrected chi connectivity index (χ1v) is 5.53. The van der Waals surface area contributed by atoms with Gasteiger partial charge in [-0.2, -0.15) is 27.2 Å². The quantitative estimate of drug-likeness (QED) is 0.628. The van der Waals surface area contributed by atoms with Crippen molar-refractivity contribution in [1.82, 2.24) is 10.2 Å². The summed E-state index contributed by atoms with van der Waals surface area (Å²) < 4.78 is 61.2. The summed E-state index contributed by atoms with van der Waals surface area (Å²) in [4.78, 5) is 12.7. The van der Waals surface area contributed by atoms with Gasteiger partial charge in [-0.3, -0.25) is 9.69 Å². The number of rotatable bonds is 3. The monoisotopic (exact) mass is 285 g/mol. The van der Waals surface area contributed by atoms with E-state index in [2.05, 4.69) is 0 Å². The topological polar surface area (TPSA) is 56.1 Å². The Bertz CT molecular complexity index is 368. The van der Waals surface area contributed by atoms with Crippen molar-refractivity contribution in [1.29, 1.82) is 5.26 Å². The highest BCUT2D eigenvalue weighted by Crippen LogP contribution is 2.35. The largest absolute Gasteiger partial charge is 0.463 e. The first-order valence-electron chi connectivity index (χ1n) is 5.53. The Labute approximate surface area is 106 Å². The Morgan fingerprint density at radius 2 is 1.79 bits per heavy atom. The lowest BCUT2D eigenvalue weighted by Gasteiger charge is -2.31. The molecule has 19 heavy (non-hydrogen) atoms. The van der Waals surface area contributed by atoms with Gasteiger partial charge < -0.3 is 5.32 Å². The van der Waals surface area contributed by atoms with E-state index in [1.54, 1.807) is 10.2 Å². The molecule has 0 aromatic rings. The molecule has 0 aromatic carbocycles. The number of nitriles is 1. The van der Waals surface area contributed by atoms with Crippen molar-refractivity contribution in [2.24, 2.45) is 0 Å². The summed E-state index contributed by atoms with van der Waals surface area (Å²) in [6, 6.07) is 1.18. The van der Waals surface area contributed by atoms with Crippen LogP contribution in [0.15, 0.2) is 0 Å². The van der Waals surface area contributed by atoms with Gasteiger partial charge in [-0.05, 0) is 12.8 Å². The molecule has 1 heterocycles. The Kier molecular flexibility index (Phi) is 4.68. The van der Waals surface area contributed by atoms with Crippen LogP contribution >= 0.6 is 0 Å². The molecule has 4 nitrogen and oxygen atoms in total. The molecule has 0 saturated carbocycles. The highest BCUT2D eigenvalue weighted by atomic mass is 19.4. The van der Waals surface area contributed by atoms with E-state index in [9.17, 15) is 26.7 Å². The number of nitrogens with one attached hydrogen (secondary N) is 1. The lowest BCUT2D eigenvalue weighted by Crippen LogP contribution is -2.54. The van der Waals surface area contributed by atoms with Crippen molar-refractivity contribution in [3.05, 3.63) is 0 Å². The number of hydrogen-bond acceptors (Lipinski definition) is 3.